The summed E-state index contributed by atoms with van der Waals surface area (Å²) in [4.78, 5) is 13.9. The van der Waals surface area contributed by atoms with E-state index in [9.17, 15) is 4.79 Å². The van der Waals surface area contributed by atoms with Crippen molar-refractivity contribution in [2.45, 2.75) is 25.7 Å². The molecule has 0 radical (unpaired) electrons. The van der Waals surface area contributed by atoms with Gasteiger partial charge in [0.15, 0.2) is 0 Å². The van der Waals surface area contributed by atoms with Gasteiger partial charge in [0, 0.05) is 12.7 Å². The highest BCUT2D eigenvalue weighted by Crippen LogP contribution is 2.44. The zero-order chi connectivity index (χ0) is 11.9. The van der Waals surface area contributed by atoms with Gasteiger partial charge < -0.3 is 9.64 Å². The normalized spacial score (nSPS) is 23.5. The van der Waals surface area contributed by atoms with E-state index in [4.69, 9.17) is 4.74 Å². The molecule has 1 amide bonds. The van der Waals surface area contributed by atoms with Crippen LogP contribution in [0.25, 0.3) is 0 Å². The predicted octanol–water partition coefficient (Wildman–Crippen LogP) is 2.34. The Morgan fingerprint density at radius 1 is 1.44 bits per heavy atom. The number of benzene rings is 1. The first-order chi connectivity index (χ1) is 7.54. The highest BCUT2D eigenvalue weighted by atomic mass is 16.5. The minimum atomic E-state index is -0.404. The van der Waals surface area contributed by atoms with E-state index in [1.807, 2.05) is 39.1 Å². The zero-order valence-corrected chi connectivity index (χ0v) is 10.2. The van der Waals surface area contributed by atoms with Crippen molar-refractivity contribution in [3.8, 4) is 5.75 Å². The summed E-state index contributed by atoms with van der Waals surface area (Å²) >= 11 is 0. The largest absolute Gasteiger partial charge is 0.497 e. The number of methoxy groups -OCH3 is 1. The molecule has 0 saturated heterocycles. The molecule has 1 aromatic carbocycles. The number of hydrogen-bond donors (Lipinski definition) is 0. The fraction of sp³-hybridized carbons (Fsp3) is 0.462. The fourth-order valence-electron chi connectivity index (χ4n) is 2.31. The van der Waals surface area contributed by atoms with Crippen LogP contribution >= 0.6 is 0 Å². The second-order valence-corrected chi connectivity index (χ2v) is 4.43. The molecule has 0 fully saturated rings. The van der Waals surface area contributed by atoms with E-state index >= 15 is 0 Å². The summed E-state index contributed by atoms with van der Waals surface area (Å²) in [5, 5.41) is 0. The highest BCUT2D eigenvalue weighted by molar-refractivity contribution is 6.07. The number of fused-ring (bicyclic) bond motifs is 1. The van der Waals surface area contributed by atoms with Crippen LogP contribution in [0.2, 0.25) is 0 Å². The predicted molar refractivity (Wildman–Crippen MR) is 64.0 cm³/mol. The number of carbonyl (C=O) groups is 1. The smallest absolute Gasteiger partial charge is 0.237 e. The van der Waals surface area contributed by atoms with Crippen LogP contribution < -0.4 is 9.64 Å². The Hall–Kier alpha value is -1.51. The lowest BCUT2D eigenvalue weighted by atomic mass is 9.81. The van der Waals surface area contributed by atoms with Crippen molar-refractivity contribution in [1.82, 2.24) is 0 Å². The molecule has 0 bridgehead atoms. The van der Waals surface area contributed by atoms with E-state index < -0.39 is 5.41 Å². The van der Waals surface area contributed by atoms with Gasteiger partial charge >= 0.3 is 0 Å². The maximum atomic E-state index is 12.2. The molecule has 1 aliphatic rings. The van der Waals surface area contributed by atoms with Crippen molar-refractivity contribution in [1.29, 1.82) is 0 Å². The fourth-order valence-corrected chi connectivity index (χ4v) is 2.31. The number of hydrogen-bond acceptors (Lipinski definition) is 2. The lowest BCUT2D eigenvalue weighted by Crippen LogP contribution is -2.35. The van der Waals surface area contributed by atoms with Crippen LogP contribution in [0.1, 0.15) is 25.8 Å². The minimum absolute atomic E-state index is 0.165. The van der Waals surface area contributed by atoms with Crippen LogP contribution in [0.5, 0.6) is 5.75 Å². The Kier molecular flexibility index (Phi) is 2.41. The van der Waals surface area contributed by atoms with Crippen molar-refractivity contribution >= 4 is 11.6 Å². The number of rotatable bonds is 2. The Balaban J connectivity index is 2.62. The molecule has 0 unspecified atom stereocenters. The van der Waals surface area contributed by atoms with Gasteiger partial charge in [0.2, 0.25) is 5.91 Å². The van der Waals surface area contributed by atoms with Crippen LogP contribution in [-0.4, -0.2) is 20.1 Å². The van der Waals surface area contributed by atoms with Crippen LogP contribution in [0.15, 0.2) is 18.2 Å². The molecule has 0 spiro atoms. The number of likely N-dealkylation sites (N-methyl/N-ethyl adjacent to an activating group) is 1. The summed E-state index contributed by atoms with van der Waals surface area (Å²) in [5.74, 6) is 0.972. The second kappa shape index (κ2) is 3.51. The van der Waals surface area contributed by atoms with Crippen molar-refractivity contribution < 1.29 is 9.53 Å². The van der Waals surface area contributed by atoms with Crippen molar-refractivity contribution in [3.63, 3.8) is 0 Å². The van der Waals surface area contributed by atoms with Crippen molar-refractivity contribution in [3.05, 3.63) is 23.8 Å². The molecule has 0 N–H and O–H groups in total. The van der Waals surface area contributed by atoms with Crippen LogP contribution in [0.3, 0.4) is 0 Å². The molecule has 2 rings (SSSR count). The van der Waals surface area contributed by atoms with Gasteiger partial charge in [-0.05, 0) is 37.1 Å². The summed E-state index contributed by atoms with van der Waals surface area (Å²) in [7, 11) is 3.47. The Morgan fingerprint density at radius 2 is 2.12 bits per heavy atom. The third-order valence-electron chi connectivity index (χ3n) is 3.64. The molecule has 86 valence electrons. The summed E-state index contributed by atoms with van der Waals surface area (Å²) < 4.78 is 5.22. The molecule has 3 nitrogen and oxygen atoms in total. The minimum Gasteiger partial charge on any atom is -0.497 e. The Morgan fingerprint density at radius 3 is 2.69 bits per heavy atom. The number of ether oxygens (including phenoxy) is 1. The maximum Gasteiger partial charge on any atom is 0.237 e. The number of carbonyl (C=O) groups excluding carboxylic acids is 1. The van der Waals surface area contributed by atoms with E-state index in [0.29, 0.717) is 0 Å². The van der Waals surface area contributed by atoms with E-state index in [1.165, 1.54) is 0 Å². The first-order valence-electron chi connectivity index (χ1n) is 5.51. The molecular weight excluding hydrogens is 202 g/mol. The van der Waals surface area contributed by atoms with Gasteiger partial charge in [0.1, 0.15) is 5.75 Å². The molecule has 1 aliphatic heterocycles. The van der Waals surface area contributed by atoms with E-state index in [0.717, 1.165) is 23.4 Å². The highest BCUT2D eigenvalue weighted by Gasteiger charge is 2.44. The van der Waals surface area contributed by atoms with Crippen LogP contribution in [0.4, 0.5) is 5.69 Å². The molecule has 0 aliphatic carbocycles. The molecule has 1 heterocycles. The van der Waals surface area contributed by atoms with Gasteiger partial charge in [0.25, 0.3) is 0 Å². The molecule has 0 aromatic heterocycles. The third-order valence-corrected chi connectivity index (χ3v) is 3.64. The van der Waals surface area contributed by atoms with Crippen molar-refractivity contribution in [2.24, 2.45) is 0 Å². The zero-order valence-electron chi connectivity index (χ0n) is 10.2. The van der Waals surface area contributed by atoms with Crippen molar-refractivity contribution in [2.75, 3.05) is 19.1 Å². The molecule has 16 heavy (non-hydrogen) atoms. The van der Waals surface area contributed by atoms with Gasteiger partial charge in [0.05, 0.1) is 12.5 Å². The molecular formula is C13H17NO2. The molecule has 1 atom stereocenters. The third kappa shape index (κ3) is 1.24. The Labute approximate surface area is 96.0 Å². The van der Waals surface area contributed by atoms with Gasteiger partial charge in [-0.1, -0.05) is 6.92 Å². The van der Waals surface area contributed by atoms with Crippen LogP contribution in [-0.2, 0) is 10.2 Å². The number of nitrogens with zero attached hydrogens (tertiary/aromatic N) is 1. The standard InChI is InChI=1S/C13H17NO2/c1-5-13(2)10-8-9(16-4)6-7-11(10)14(3)12(13)15/h6-8H,5H2,1-4H3/t13-/m1/s1. The molecule has 1 aromatic rings. The topological polar surface area (TPSA) is 29.5 Å². The van der Waals surface area contributed by atoms with Gasteiger partial charge in [-0.15, -0.1) is 0 Å². The van der Waals surface area contributed by atoms with E-state index in [2.05, 4.69) is 0 Å². The summed E-state index contributed by atoms with van der Waals surface area (Å²) in [5.41, 5.74) is 1.66. The monoisotopic (exact) mass is 219 g/mol. The lowest BCUT2D eigenvalue weighted by Gasteiger charge is -2.21. The van der Waals surface area contributed by atoms with E-state index in [1.54, 1.807) is 12.0 Å². The van der Waals surface area contributed by atoms with Crippen LogP contribution in [0, 0.1) is 0 Å². The first kappa shape index (κ1) is 11.0. The van der Waals surface area contributed by atoms with Gasteiger partial charge in [-0.3, -0.25) is 4.79 Å². The summed E-state index contributed by atoms with van der Waals surface area (Å²) in [6.45, 7) is 4.04. The average Bonchev–Trinajstić information content (AvgIpc) is 2.52. The number of anilines is 1. The second-order valence-electron chi connectivity index (χ2n) is 4.43. The average molecular weight is 219 g/mol. The quantitative estimate of drug-likeness (QED) is 0.764. The molecule has 0 saturated carbocycles. The van der Waals surface area contributed by atoms with Gasteiger partial charge in [-0.25, -0.2) is 0 Å². The number of amides is 1. The van der Waals surface area contributed by atoms with Gasteiger partial charge in [-0.2, -0.15) is 0 Å². The summed E-state index contributed by atoms with van der Waals surface area (Å²) in [6.07, 6.45) is 0.802. The lowest BCUT2D eigenvalue weighted by molar-refractivity contribution is -0.122. The SMILES string of the molecule is CC[C@@]1(C)C(=O)N(C)c2ccc(OC)cc21. The summed E-state index contributed by atoms with van der Waals surface area (Å²) in [6, 6.07) is 5.82. The first-order valence-corrected chi connectivity index (χ1v) is 5.51. The Bertz CT molecular complexity index is 442. The molecule has 3 heteroatoms. The maximum absolute atomic E-state index is 12.2. The van der Waals surface area contributed by atoms with E-state index in [-0.39, 0.29) is 5.91 Å².